The fourth-order valence-electron chi connectivity index (χ4n) is 1.36. The first-order valence-electron chi connectivity index (χ1n) is 6.73. The van der Waals surface area contributed by atoms with Crippen LogP contribution in [0.15, 0.2) is 12.4 Å². The molecular weight excluding hydrogens is 288 g/mol. The number of rotatable bonds is 1. The Morgan fingerprint density at radius 2 is 1.45 bits per heavy atom. The van der Waals surface area contributed by atoms with E-state index in [4.69, 9.17) is 15.2 Å². The molecule has 2 N–H and O–H groups in total. The van der Waals surface area contributed by atoms with Crippen molar-refractivity contribution in [3.8, 4) is 0 Å². The molecule has 0 aliphatic rings. The summed E-state index contributed by atoms with van der Waals surface area (Å²) in [4.78, 5) is 32.9. The molecule has 0 spiro atoms. The number of amides is 2. The summed E-state index contributed by atoms with van der Waals surface area (Å²) in [6.07, 6.45) is -0.661. The molecule has 1 heterocycles. The summed E-state index contributed by atoms with van der Waals surface area (Å²) >= 11 is 0. The third-order valence-corrected chi connectivity index (χ3v) is 2.06. The van der Waals surface area contributed by atoms with E-state index in [9.17, 15) is 9.59 Å². The molecule has 0 fully saturated rings. The van der Waals surface area contributed by atoms with Gasteiger partial charge in [0.05, 0.1) is 0 Å². The summed E-state index contributed by atoms with van der Waals surface area (Å²) in [6.45, 7) is 10.1. The summed E-state index contributed by atoms with van der Waals surface area (Å²) in [5, 5.41) is 0. The van der Waals surface area contributed by atoms with Crippen molar-refractivity contribution in [1.29, 1.82) is 0 Å². The largest absolute Gasteiger partial charge is 0.443 e. The SMILES string of the molecule is CC(C)(C)OC(=O)N(C(=O)OC(C)(C)C)c1cc(N)ncn1. The molecule has 0 aliphatic carbocycles. The van der Waals surface area contributed by atoms with E-state index in [1.54, 1.807) is 41.5 Å². The quantitative estimate of drug-likeness (QED) is 0.849. The number of anilines is 2. The zero-order chi connectivity index (χ0) is 17.1. The minimum absolute atomic E-state index is 0.0176. The van der Waals surface area contributed by atoms with Crippen molar-refractivity contribution in [3.63, 3.8) is 0 Å². The van der Waals surface area contributed by atoms with Crippen LogP contribution in [0.2, 0.25) is 0 Å². The van der Waals surface area contributed by atoms with E-state index in [2.05, 4.69) is 9.97 Å². The molecular formula is C14H22N4O4. The van der Waals surface area contributed by atoms with Crippen LogP contribution >= 0.6 is 0 Å². The Kier molecular flexibility index (Phi) is 4.95. The molecule has 2 amide bonds. The summed E-state index contributed by atoms with van der Waals surface area (Å²) in [7, 11) is 0. The smallest absolute Gasteiger partial charge is 0.425 e. The fraction of sp³-hybridized carbons (Fsp3) is 0.571. The average Bonchev–Trinajstić information content (AvgIpc) is 2.23. The summed E-state index contributed by atoms with van der Waals surface area (Å²) < 4.78 is 10.4. The maximum absolute atomic E-state index is 12.3. The average molecular weight is 310 g/mol. The standard InChI is InChI=1S/C14H22N4O4/c1-13(2,3)21-11(19)18(12(20)22-14(4,5)6)10-7-9(15)16-8-17-10/h7-8H,1-6H3,(H2,15,16,17). The van der Waals surface area contributed by atoms with Crippen LogP contribution in [0.1, 0.15) is 41.5 Å². The zero-order valence-corrected chi connectivity index (χ0v) is 13.7. The zero-order valence-electron chi connectivity index (χ0n) is 13.7. The molecule has 0 saturated carbocycles. The van der Waals surface area contributed by atoms with Crippen LogP contribution in [-0.4, -0.2) is 33.4 Å². The van der Waals surface area contributed by atoms with Crippen LogP contribution in [0.5, 0.6) is 0 Å². The first-order chi connectivity index (χ1) is 9.89. The van der Waals surface area contributed by atoms with Crippen LogP contribution in [-0.2, 0) is 9.47 Å². The molecule has 0 aromatic carbocycles. The van der Waals surface area contributed by atoms with Crippen molar-refractivity contribution in [1.82, 2.24) is 9.97 Å². The monoisotopic (exact) mass is 310 g/mol. The predicted octanol–water partition coefficient (Wildman–Crippen LogP) is 2.74. The number of carbonyl (C=O) groups is 2. The first-order valence-corrected chi connectivity index (χ1v) is 6.73. The molecule has 122 valence electrons. The molecule has 1 aromatic heterocycles. The van der Waals surface area contributed by atoms with E-state index in [-0.39, 0.29) is 11.6 Å². The summed E-state index contributed by atoms with van der Waals surface area (Å²) in [5.41, 5.74) is 4.01. The van der Waals surface area contributed by atoms with Gasteiger partial charge in [-0.2, -0.15) is 4.90 Å². The number of hydrogen-bond donors (Lipinski definition) is 1. The Hall–Kier alpha value is -2.38. The van der Waals surface area contributed by atoms with E-state index in [0.717, 1.165) is 6.33 Å². The lowest BCUT2D eigenvalue weighted by molar-refractivity contribution is 0.0429. The van der Waals surface area contributed by atoms with Crippen molar-refractivity contribution in [2.24, 2.45) is 0 Å². The molecule has 0 radical (unpaired) electrons. The van der Waals surface area contributed by atoms with Crippen LogP contribution in [0.3, 0.4) is 0 Å². The minimum atomic E-state index is -0.903. The van der Waals surface area contributed by atoms with Gasteiger partial charge in [0.15, 0.2) is 5.82 Å². The van der Waals surface area contributed by atoms with Gasteiger partial charge in [-0.3, -0.25) is 0 Å². The predicted molar refractivity (Wildman–Crippen MR) is 81.4 cm³/mol. The highest BCUT2D eigenvalue weighted by Crippen LogP contribution is 2.20. The number of aromatic nitrogens is 2. The number of hydrogen-bond acceptors (Lipinski definition) is 7. The van der Waals surface area contributed by atoms with Gasteiger partial charge in [-0.15, -0.1) is 0 Å². The van der Waals surface area contributed by atoms with Crippen LogP contribution < -0.4 is 10.6 Å². The summed E-state index contributed by atoms with van der Waals surface area (Å²) in [5.74, 6) is 0.0955. The van der Waals surface area contributed by atoms with Crippen molar-refractivity contribution < 1.29 is 19.1 Å². The Bertz CT molecular complexity index is 533. The van der Waals surface area contributed by atoms with Gasteiger partial charge in [0.1, 0.15) is 23.3 Å². The summed E-state index contributed by atoms with van der Waals surface area (Å²) in [6, 6.07) is 1.29. The number of nitrogens with zero attached hydrogens (tertiary/aromatic N) is 3. The Morgan fingerprint density at radius 3 is 1.82 bits per heavy atom. The van der Waals surface area contributed by atoms with Gasteiger partial charge in [-0.1, -0.05) is 0 Å². The molecule has 22 heavy (non-hydrogen) atoms. The number of nitrogen functional groups attached to an aromatic ring is 1. The topological polar surface area (TPSA) is 108 Å². The molecule has 1 rings (SSSR count). The van der Waals surface area contributed by atoms with E-state index < -0.39 is 23.4 Å². The lowest BCUT2D eigenvalue weighted by Crippen LogP contribution is -2.44. The second kappa shape index (κ2) is 6.17. The second-order valence-electron chi connectivity index (χ2n) is 6.60. The highest BCUT2D eigenvalue weighted by molar-refractivity contribution is 6.08. The van der Waals surface area contributed by atoms with Gasteiger partial charge in [0.2, 0.25) is 0 Å². The second-order valence-corrected chi connectivity index (χ2v) is 6.60. The van der Waals surface area contributed by atoms with Crippen LogP contribution in [0.4, 0.5) is 21.2 Å². The van der Waals surface area contributed by atoms with Gasteiger partial charge in [0.25, 0.3) is 0 Å². The Morgan fingerprint density at radius 1 is 1.00 bits per heavy atom. The van der Waals surface area contributed by atoms with E-state index in [1.165, 1.54) is 6.07 Å². The van der Waals surface area contributed by atoms with Gasteiger partial charge in [-0.05, 0) is 41.5 Å². The van der Waals surface area contributed by atoms with Gasteiger partial charge < -0.3 is 15.2 Å². The van der Waals surface area contributed by atoms with Crippen molar-refractivity contribution in [2.45, 2.75) is 52.7 Å². The minimum Gasteiger partial charge on any atom is -0.443 e. The van der Waals surface area contributed by atoms with E-state index in [0.29, 0.717) is 4.90 Å². The molecule has 0 unspecified atom stereocenters. The molecule has 0 bridgehead atoms. The number of ether oxygens (including phenoxy) is 2. The molecule has 8 nitrogen and oxygen atoms in total. The number of imide groups is 1. The highest BCUT2D eigenvalue weighted by atomic mass is 16.6. The number of nitrogens with two attached hydrogens (primary N) is 1. The van der Waals surface area contributed by atoms with Gasteiger partial charge in [-0.25, -0.2) is 19.6 Å². The highest BCUT2D eigenvalue weighted by Gasteiger charge is 2.33. The Labute approximate surface area is 129 Å². The van der Waals surface area contributed by atoms with Gasteiger partial charge in [0, 0.05) is 6.07 Å². The van der Waals surface area contributed by atoms with E-state index in [1.807, 2.05) is 0 Å². The first kappa shape index (κ1) is 17.7. The van der Waals surface area contributed by atoms with Crippen LogP contribution in [0.25, 0.3) is 0 Å². The Balaban J connectivity index is 3.15. The molecule has 0 aliphatic heterocycles. The molecule has 8 heteroatoms. The number of carbonyl (C=O) groups excluding carboxylic acids is 2. The lowest BCUT2D eigenvalue weighted by atomic mass is 10.2. The third-order valence-electron chi connectivity index (χ3n) is 2.06. The van der Waals surface area contributed by atoms with Crippen LogP contribution in [0, 0.1) is 0 Å². The molecule has 1 aromatic rings. The normalized spacial score (nSPS) is 11.7. The van der Waals surface area contributed by atoms with Crippen molar-refractivity contribution in [2.75, 3.05) is 10.6 Å². The maximum Gasteiger partial charge on any atom is 0.425 e. The molecule has 0 atom stereocenters. The van der Waals surface area contributed by atoms with Crippen molar-refractivity contribution >= 4 is 23.8 Å². The fourth-order valence-corrected chi connectivity index (χ4v) is 1.36. The van der Waals surface area contributed by atoms with Crippen molar-refractivity contribution in [3.05, 3.63) is 12.4 Å². The third kappa shape index (κ3) is 5.55. The molecule has 0 saturated heterocycles. The lowest BCUT2D eigenvalue weighted by Gasteiger charge is -2.27. The maximum atomic E-state index is 12.3. The van der Waals surface area contributed by atoms with Gasteiger partial charge >= 0.3 is 12.2 Å². The van der Waals surface area contributed by atoms with E-state index >= 15 is 0 Å².